The van der Waals surface area contributed by atoms with Crippen LogP contribution in [0.15, 0.2) is 53.1 Å². The van der Waals surface area contributed by atoms with Crippen molar-refractivity contribution in [2.75, 3.05) is 0 Å². The number of aliphatic carboxylic acids is 1. The molecule has 0 fully saturated rings. The second kappa shape index (κ2) is 7.96. The Morgan fingerprint density at radius 3 is 2.38 bits per heavy atom. The molecule has 2 amide bonds. The van der Waals surface area contributed by atoms with Crippen molar-refractivity contribution in [2.24, 2.45) is 0 Å². The molecule has 7 heteroatoms. The third-order valence-corrected chi connectivity index (χ3v) is 3.38. The average Bonchev–Trinajstić information content (AvgIpc) is 3.09. The van der Waals surface area contributed by atoms with Crippen LogP contribution in [0.1, 0.15) is 23.0 Å². The maximum absolute atomic E-state index is 12.1. The molecule has 3 N–H and O–H groups in total. The molecule has 0 saturated heterocycles. The largest absolute Gasteiger partial charge is 0.480 e. The number of carbonyl (C=O) groups is 3. The lowest BCUT2D eigenvalue weighted by molar-refractivity contribution is -0.142. The maximum Gasteiger partial charge on any atom is 0.326 e. The van der Waals surface area contributed by atoms with Crippen LogP contribution in [-0.2, 0) is 16.0 Å². The van der Waals surface area contributed by atoms with Crippen LogP contribution in [0.2, 0.25) is 0 Å². The number of furan rings is 1. The van der Waals surface area contributed by atoms with E-state index in [1.807, 2.05) is 6.07 Å². The van der Waals surface area contributed by atoms with Gasteiger partial charge in [-0.25, -0.2) is 4.79 Å². The van der Waals surface area contributed by atoms with Crippen molar-refractivity contribution in [1.29, 1.82) is 0 Å². The van der Waals surface area contributed by atoms with E-state index < -0.39 is 29.9 Å². The van der Waals surface area contributed by atoms with Crippen molar-refractivity contribution in [3.05, 3.63) is 60.1 Å². The highest BCUT2D eigenvalue weighted by atomic mass is 16.4. The molecule has 24 heavy (non-hydrogen) atoms. The van der Waals surface area contributed by atoms with Crippen LogP contribution in [-0.4, -0.2) is 35.0 Å². The molecule has 0 bridgehead atoms. The van der Waals surface area contributed by atoms with E-state index in [0.717, 1.165) is 5.56 Å². The van der Waals surface area contributed by atoms with Crippen LogP contribution in [0.4, 0.5) is 0 Å². The second-order valence-corrected chi connectivity index (χ2v) is 5.26. The third kappa shape index (κ3) is 4.70. The van der Waals surface area contributed by atoms with Gasteiger partial charge < -0.3 is 20.2 Å². The highest BCUT2D eigenvalue weighted by molar-refractivity contribution is 5.96. The molecule has 0 saturated carbocycles. The Morgan fingerprint density at radius 1 is 1.08 bits per heavy atom. The van der Waals surface area contributed by atoms with Crippen molar-refractivity contribution in [3.63, 3.8) is 0 Å². The number of carbonyl (C=O) groups excluding carboxylic acids is 2. The van der Waals surface area contributed by atoms with Gasteiger partial charge in [0.1, 0.15) is 12.1 Å². The van der Waals surface area contributed by atoms with Gasteiger partial charge in [0.15, 0.2) is 5.76 Å². The molecule has 1 heterocycles. The molecule has 7 nitrogen and oxygen atoms in total. The van der Waals surface area contributed by atoms with Crippen molar-refractivity contribution in [2.45, 2.75) is 25.4 Å². The predicted molar refractivity (Wildman–Crippen MR) is 85.3 cm³/mol. The molecule has 0 radical (unpaired) electrons. The van der Waals surface area contributed by atoms with Crippen LogP contribution in [0.25, 0.3) is 0 Å². The lowest BCUT2D eigenvalue weighted by Crippen LogP contribution is -2.51. The van der Waals surface area contributed by atoms with Gasteiger partial charge in [-0.05, 0) is 24.6 Å². The lowest BCUT2D eigenvalue weighted by atomic mass is 10.1. The molecule has 2 rings (SSSR count). The first-order chi connectivity index (χ1) is 11.5. The Bertz CT molecular complexity index is 697. The van der Waals surface area contributed by atoms with Gasteiger partial charge in [-0.3, -0.25) is 9.59 Å². The van der Waals surface area contributed by atoms with Gasteiger partial charge in [0.2, 0.25) is 5.91 Å². The zero-order chi connectivity index (χ0) is 17.5. The minimum atomic E-state index is -1.14. The number of nitrogens with one attached hydrogen (secondary N) is 2. The van der Waals surface area contributed by atoms with Crippen molar-refractivity contribution in [3.8, 4) is 0 Å². The van der Waals surface area contributed by atoms with Crippen LogP contribution >= 0.6 is 0 Å². The molecule has 0 aliphatic rings. The zero-order valence-corrected chi connectivity index (χ0v) is 13.1. The monoisotopic (exact) mass is 330 g/mol. The van der Waals surface area contributed by atoms with Gasteiger partial charge in [0.25, 0.3) is 5.91 Å². The Kier molecular flexibility index (Phi) is 5.73. The molecular formula is C17H18N2O5. The SMILES string of the molecule is CC(NC(=O)c1ccco1)C(=O)N[C@@H](Cc1ccccc1)C(=O)O. The molecule has 1 unspecified atom stereocenters. The highest BCUT2D eigenvalue weighted by Gasteiger charge is 2.24. The van der Waals surface area contributed by atoms with E-state index in [0.29, 0.717) is 0 Å². The fourth-order valence-corrected chi connectivity index (χ4v) is 2.09. The molecule has 1 aromatic carbocycles. The van der Waals surface area contributed by atoms with Crippen molar-refractivity contribution >= 4 is 17.8 Å². The summed E-state index contributed by atoms with van der Waals surface area (Å²) in [5.41, 5.74) is 0.789. The van der Waals surface area contributed by atoms with E-state index in [-0.39, 0.29) is 12.2 Å². The summed E-state index contributed by atoms with van der Waals surface area (Å²) in [4.78, 5) is 35.3. The Balaban J connectivity index is 1.94. The van der Waals surface area contributed by atoms with Crippen molar-refractivity contribution in [1.82, 2.24) is 10.6 Å². The van der Waals surface area contributed by atoms with Crippen LogP contribution < -0.4 is 10.6 Å². The van der Waals surface area contributed by atoms with Crippen LogP contribution in [0.3, 0.4) is 0 Å². The minimum Gasteiger partial charge on any atom is -0.480 e. The fourth-order valence-electron chi connectivity index (χ4n) is 2.09. The summed E-state index contributed by atoms with van der Waals surface area (Å²) in [6.07, 6.45) is 1.50. The number of hydrogen-bond donors (Lipinski definition) is 3. The second-order valence-electron chi connectivity index (χ2n) is 5.26. The summed E-state index contributed by atoms with van der Waals surface area (Å²) in [5, 5.41) is 14.2. The third-order valence-electron chi connectivity index (χ3n) is 3.38. The van der Waals surface area contributed by atoms with Gasteiger partial charge >= 0.3 is 5.97 Å². The molecule has 2 aromatic rings. The van der Waals surface area contributed by atoms with Gasteiger partial charge in [-0.2, -0.15) is 0 Å². The quantitative estimate of drug-likeness (QED) is 0.707. The highest BCUT2D eigenvalue weighted by Crippen LogP contribution is 2.04. The van der Waals surface area contributed by atoms with E-state index >= 15 is 0 Å². The van der Waals surface area contributed by atoms with Gasteiger partial charge in [0, 0.05) is 6.42 Å². The van der Waals surface area contributed by atoms with Crippen LogP contribution in [0.5, 0.6) is 0 Å². The number of carboxylic acid groups (broad SMARTS) is 1. The Morgan fingerprint density at radius 2 is 1.79 bits per heavy atom. The van der Waals surface area contributed by atoms with E-state index in [1.54, 1.807) is 30.3 Å². The first kappa shape index (κ1) is 17.3. The first-order valence-electron chi connectivity index (χ1n) is 7.39. The minimum absolute atomic E-state index is 0.0775. The zero-order valence-electron chi connectivity index (χ0n) is 13.1. The summed E-state index contributed by atoms with van der Waals surface area (Å²) in [6.45, 7) is 1.47. The fraction of sp³-hybridized carbons (Fsp3) is 0.235. The first-order valence-corrected chi connectivity index (χ1v) is 7.39. The summed E-state index contributed by atoms with van der Waals surface area (Å²) >= 11 is 0. The van der Waals surface area contributed by atoms with Gasteiger partial charge in [-0.1, -0.05) is 30.3 Å². The Labute approximate surface area is 138 Å². The topological polar surface area (TPSA) is 109 Å². The van der Waals surface area contributed by atoms with Crippen molar-refractivity contribution < 1.29 is 23.9 Å². The number of carboxylic acids is 1. The number of benzene rings is 1. The molecular weight excluding hydrogens is 312 g/mol. The summed E-state index contributed by atoms with van der Waals surface area (Å²) in [6, 6.07) is 10.0. The molecule has 1 aromatic heterocycles. The number of rotatable bonds is 7. The van der Waals surface area contributed by atoms with Crippen LogP contribution in [0, 0.1) is 0 Å². The van der Waals surface area contributed by atoms with Gasteiger partial charge in [0.05, 0.1) is 6.26 Å². The number of amides is 2. The van der Waals surface area contributed by atoms with E-state index in [9.17, 15) is 19.5 Å². The molecule has 0 aliphatic heterocycles. The molecule has 126 valence electrons. The Hall–Kier alpha value is -3.09. The van der Waals surface area contributed by atoms with E-state index in [1.165, 1.54) is 19.3 Å². The predicted octanol–water partition coefficient (Wildman–Crippen LogP) is 1.21. The molecule has 2 atom stereocenters. The van der Waals surface area contributed by atoms with Gasteiger partial charge in [-0.15, -0.1) is 0 Å². The summed E-state index contributed by atoms with van der Waals surface area (Å²) < 4.78 is 4.94. The standard InChI is InChI=1S/C17H18N2O5/c1-11(18-16(21)14-8-5-9-24-14)15(20)19-13(17(22)23)10-12-6-3-2-4-7-12/h2-9,11,13H,10H2,1H3,(H,18,21)(H,19,20)(H,22,23)/t11?,13-/m0/s1. The molecule has 0 aliphatic carbocycles. The summed E-state index contributed by atoms with van der Waals surface area (Å²) in [5.74, 6) is -2.19. The molecule has 0 spiro atoms. The average molecular weight is 330 g/mol. The van der Waals surface area contributed by atoms with E-state index in [4.69, 9.17) is 4.42 Å². The van der Waals surface area contributed by atoms with E-state index in [2.05, 4.69) is 10.6 Å². The smallest absolute Gasteiger partial charge is 0.326 e. The lowest BCUT2D eigenvalue weighted by Gasteiger charge is -2.18. The number of hydrogen-bond acceptors (Lipinski definition) is 4. The maximum atomic E-state index is 12.1. The normalized spacial score (nSPS) is 12.9. The summed E-state index contributed by atoms with van der Waals surface area (Å²) in [7, 11) is 0.